The van der Waals surface area contributed by atoms with Gasteiger partial charge >= 0.3 is 0 Å². The molecule has 1 aromatic carbocycles. The molecule has 6 heteroatoms. The Labute approximate surface area is 120 Å². The van der Waals surface area contributed by atoms with Crippen molar-refractivity contribution in [2.45, 2.75) is 40.8 Å². The van der Waals surface area contributed by atoms with E-state index >= 15 is 0 Å². The van der Waals surface area contributed by atoms with E-state index in [4.69, 9.17) is 5.73 Å². The molecule has 0 aliphatic carbocycles. The molecule has 0 amide bonds. The highest BCUT2D eigenvalue weighted by Crippen LogP contribution is 2.33. The van der Waals surface area contributed by atoms with Gasteiger partial charge in [0.2, 0.25) is 0 Å². The molecule has 0 aromatic heterocycles. The molecule has 0 saturated carbocycles. The third-order valence-corrected chi connectivity index (χ3v) is 3.85. The van der Waals surface area contributed by atoms with E-state index in [-0.39, 0.29) is 17.5 Å². The molecule has 1 atom stereocenters. The topological polar surface area (TPSA) is 84.4 Å². The summed E-state index contributed by atoms with van der Waals surface area (Å²) in [6.45, 7) is 11.8. The van der Waals surface area contributed by atoms with E-state index in [1.54, 1.807) is 0 Å². The van der Waals surface area contributed by atoms with Crippen LogP contribution in [-0.2, 0) is 0 Å². The number of nitrogens with one attached hydrogen (secondary N) is 1. The van der Waals surface area contributed by atoms with E-state index < -0.39 is 4.92 Å². The Morgan fingerprint density at radius 1 is 1.35 bits per heavy atom. The monoisotopic (exact) mass is 280 g/mol. The van der Waals surface area contributed by atoms with Crippen molar-refractivity contribution >= 4 is 17.1 Å². The van der Waals surface area contributed by atoms with Crippen LogP contribution in [0.4, 0.5) is 17.1 Å². The fourth-order valence-electron chi connectivity index (χ4n) is 2.31. The van der Waals surface area contributed by atoms with Crippen molar-refractivity contribution < 1.29 is 4.92 Å². The Morgan fingerprint density at radius 2 is 1.90 bits per heavy atom. The highest BCUT2D eigenvalue weighted by Gasteiger charge is 2.20. The molecule has 1 unspecified atom stereocenters. The summed E-state index contributed by atoms with van der Waals surface area (Å²) < 4.78 is 0. The summed E-state index contributed by atoms with van der Waals surface area (Å²) in [5.41, 5.74) is 8.50. The Kier molecular flexibility index (Phi) is 5.33. The maximum absolute atomic E-state index is 11.1. The van der Waals surface area contributed by atoms with Gasteiger partial charge in [0.1, 0.15) is 5.69 Å². The number of rotatable bonds is 6. The predicted molar refractivity (Wildman–Crippen MR) is 83.0 cm³/mol. The Bertz CT molecular complexity index is 498. The molecule has 0 saturated heterocycles. The molecule has 20 heavy (non-hydrogen) atoms. The van der Waals surface area contributed by atoms with Crippen molar-refractivity contribution in [1.82, 2.24) is 4.90 Å². The normalized spacial score (nSPS) is 12.5. The number of nitrogens with zero attached hydrogens (tertiary/aromatic N) is 2. The van der Waals surface area contributed by atoms with Crippen LogP contribution >= 0.6 is 0 Å². The van der Waals surface area contributed by atoms with Gasteiger partial charge in [-0.2, -0.15) is 0 Å². The van der Waals surface area contributed by atoms with Crippen LogP contribution in [0.3, 0.4) is 0 Å². The number of nitro benzene ring substituents is 1. The van der Waals surface area contributed by atoms with E-state index in [0.717, 1.165) is 29.9 Å². The summed E-state index contributed by atoms with van der Waals surface area (Å²) in [4.78, 5) is 12.9. The number of benzene rings is 1. The molecule has 112 valence electrons. The molecule has 6 nitrogen and oxygen atoms in total. The van der Waals surface area contributed by atoms with Gasteiger partial charge in [0, 0.05) is 11.8 Å². The highest BCUT2D eigenvalue weighted by molar-refractivity contribution is 5.73. The number of nitro groups is 1. The standard InChI is InChI=1S/C14H24N4O2/c1-6-17(7-2)11(5)16-12-8-13(18(19)20)14(15)10(4)9(12)3/h8,11,16H,6-7,15H2,1-5H3. The highest BCUT2D eigenvalue weighted by atomic mass is 16.6. The molecule has 1 rings (SSSR count). The van der Waals surface area contributed by atoms with E-state index in [2.05, 4.69) is 24.1 Å². The molecule has 0 radical (unpaired) electrons. The SMILES string of the molecule is CCN(CC)C(C)Nc1cc([N+](=O)[O-])c(N)c(C)c1C. The Morgan fingerprint density at radius 3 is 2.35 bits per heavy atom. The average Bonchev–Trinajstić information content (AvgIpc) is 2.40. The lowest BCUT2D eigenvalue weighted by atomic mass is 10.0. The van der Waals surface area contributed by atoms with Crippen LogP contribution in [0.2, 0.25) is 0 Å². The molecule has 0 heterocycles. The minimum absolute atomic E-state index is 0.0395. The van der Waals surface area contributed by atoms with Crippen LogP contribution in [0.25, 0.3) is 0 Å². The third-order valence-electron chi connectivity index (χ3n) is 3.85. The maximum Gasteiger partial charge on any atom is 0.294 e. The average molecular weight is 280 g/mol. The molecule has 0 bridgehead atoms. The lowest BCUT2D eigenvalue weighted by Crippen LogP contribution is -2.38. The second kappa shape index (κ2) is 6.56. The number of nitrogen functional groups attached to an aromatic ring is 1. The molecule has 3 N–H and O–H groups in total. The fraction of sp³-hybridized carbons (Fsp3) is 0.571. The summed E-state index contributed by atoms with van der Waals surface area (Å²) in [6, 6.07) is 1.53. The van der Waals surface area contributed by atoms with Gasteiger partial charge in [-0.3, -0.25) is 15.0 Å². The van der Waals surface area contributed by atoms with Crippen molar-refractivity contribution in [1.29, 1.82) is 0 Å². The van der Waals surface area contributed by atoms with Crippen LogP contribution < -0.4 is 11.1 Å². The molecule has 0 aliphatic heterocycles. The third kappa shape index (κ3) is 3.19. The van der Waals surface area contributed by atoms with E-state index in [1.807, 2.05) is 20.8 Å². The van der Waals surface area contributed by atoms with Crippen molar-refractivity contribution in [3.63, 3.8) is 0 Å². The van der Waals surface area contributed by atoms with Gasteiger partial charge in [-0.05, 0) is 45.0 Å². The first kappa shape index (κ1) is 16.2. The number of hydrogen-bond donors (Lipinski definition) is 2. The summed E-state index contributed by atoms with van der Waals surface area (Å²) in [5.74, 6) is 0. The first-order valence-corrected chi connectivity index (χ1v) is 6.88. The van der Waals surface area contributed by atoms with Gasteiger partial charge in [0.05, 0.1) is 11.1 Å². The number of anilines is 2. The molecule has 1 aromatic rings. The molecule has 0 fully saturated rings. The van der Waals surface area contributed by atoms with Crippen molar-refractivity contribution in [3.8, 4) is 0 Å². The second-order valence-electron chi connectivity index (χ2n) is 4.91. The second-order valence-corrected chi connectivity index (χ2v) is 4.91. The van der Waals surface area contributed by atoms with Crippen molar-refractivity contribution in [3.05, 3.63) is 27.3 Å². The molecular formula is C14H24N4O2. The van der Waals surface area contributed by atoms with Crippen molar-refractivity contribution in [2.75, 3.05) is 24.1 Å². The van der Waals surface area contributed by atoms with Gasteiger partial charge in [-0.1, -0.05) is 13.8 Å². The quantitative estimate of drug-likeness (QED) is 0.362. The zero-order valence-corrected chi connectivity index (χ0v) is 12.9. The maximum atomic E-state index is 11.1. The minimum Gasteiger partial charge on any atom is -0.393 e. The van der Waals surface area contributed by atoms with Gasteiger partial charge in [-0.25, -0.2) is 0 Å². The zero-order valence-electron chi connectivity index (χ0n) is 12.9. The summed E-state index contributed by atoms with van der Waals surface area (Å²) >= 11 is 0. The van der Waals surface area contributed by atoms with Crippen molar-refractivity contribution in [2.24, 2.45) is 0 Å². The molecule has 0 spiro atoms. The Balaban J connectivity index is 3.16. The lowest BCUT2D eigenvalue weighted by Gasteiger charge is -2.29. The largest absolute Gasteiger partial charge is 0.393 e. The molecular weight excluding hydrogens is 256 g/mol. The fourth-order valence-corrected chi connectivity index (χ4v) is 2.31. The van der Waals surface area contributed by atoms with Crippen LogP contribution in [0.15, 0.2) is 6.07 Å². The van der Waals surface area contributed by atoms with Crippen LogP contribution in [-0.4, -0.2) is 29.1 Å². The smallest absolute Gasteiger partial charge is 0.294 e. The summed E-state index contributed by atoms with van der Waals surface area (Å²) in [6.07, 6.45) is 0.103. The number of nitrogens with two attached hydrogens (primary N) is 1. The summed E-state index contributed by atoms with van der Waals surface area (Å²) in [7, 11) is 0. The molecule has 0 aliphatic rings. The van der Waals surface area contributed by atoms with Gasteiger partial charge in [0.15, 0.2) is 0 Å². The van der Waals surface area contributed by atoms with Gasteiger partial charge in [-0.15, -0.1) is 0 Å². The lowest BCUT2D eigenvalue weighted by molar-refractivity contribution is -0.383. The Hall–Kier alpha value is -1.82. The minimum atomic E-state index is -0.435. The van der Waals surface area contributed by atoms with E-state index in [1.165, 1.54) is 6.07 Å². The van der Waals surface area contributed by atoms with E-state index in [0.29, 0.717) is 0 Å². The zero-order chi connectivity index (χ0) is 15.4. The number of hydrogen-bond acceptors (Lipinski definition) is 5. The van der Waals surface area contributed by atoms with Gasteiger partial charge < -0.3 is 11.1 Å². The van der Waals surface area contributed by atoms with Gasteiger partial charge in [0.25, 0.3) is 5.69 Å². The van der Waals surface area contributed by atoms with E-state index in [9.17, 15) is 10.1 Å². The van der Waals surface area contributed by atoms with Crippen LogP contribution in [0.1, 0.15) is 31.9 Å². The van der Waals surface area contributed by atoms with Crippen LogP contribution in [0, 0.1) is 24.0 Å². The first-order valence-electron chi connectivity index (χ1n) is 6.88. The predicted octanol–water partition coefficient (Wildman–Crippen LogP) is 2.89. The summed E-state index contributed by atoms with van der Waals surface area (Å²) in [5, 5.41) is 14.4. The van der Waals surface area contributed by atoms with Crippen LogP contribution in [0.5, 0.6) is 0 Å². The first-order chi connectivity index (χ1) is 9.33.